The zero-order valence-electron chi connectivity index (χ0n) is 8.49. The molecule has 84 valence electrons. The van der Waals surface area contributed by atoms with Crippen molar-refractivity contribution in [2.75, 3.05) is 23.0 Å². The van der Waals surface area contributed by atoms with Crippen LogP contribution in [0.4, 0.5) is 16.2 Å². The number of fused-ring (bicyclic) bond motifs is 1. The molecule has 1 N–H and O–H groups in total. The maximum atomic E-state index is 11.6. The van der Waals surface area contributed by atoms with Crippen LogP contribution in [-0.2, 0) is 4.79 Å². The minimum Gasteiger partial charge on any atom is -0.388 e. The Hall–Kier alpha value is -1.01. The van der Waals surface area contributed by atoms with Crippen LogP contribution in [-0.4, -0.2) is 23.5 Å². The summed E-state index contributed by atoms with van der Waals surface area (Å²) in [4.78, 5) is 24.7. The number of benzene rings is 1. The molecule has 0 fully saturated rings. The van der Waals surface area contributed by atoms with E-state index in [1.807, 2.05) is 12.1 Å². The lowest BCUT2D eigenvalue weighted by atomic mass is 10.2. The first-order valence-electron chi connectivity index (χ1n) is 4.60. The molecule has 1 aliphatic rings. The standard InChI is InChI=1S/C10H9BrN2O2S/c1-12-6-2-3-8-7(4-6)13(10(11)15)9(14)5-16-8/h2-4,12H,5H2,1H3. The first-order chi connectivity index (χ1) is 7.63. The number of thioether (sulfide) groups is 1. The molecule has 0 saturated carbocycles. The molecule has 1 aromatic rings. The molecule has 0 saturated heterocycles. The number of rotatable bonds is 1. The number of amides is 2. The summed E-state index contributed by atoms with van der Waals surface area (Å²) in [5, 5.41) is 2.98. The van der Waals surface area contributed by atoms with Gasteiger partial charge >= 0.3 is 4.82 Å². The third-order valence-corrected chi connectivity index (χ3v) is 3.67. The van der Waals surface area contributed by atoms with Crippen LogP contribution in [0.2, 0.25) is 0 Å². The zero-order chi connectivity index (χ0) is 11.7. The Morgan fingerprint density at radius 2 is 2.31 bits per heavy atom. The number of hydrogen-bond acceptors (Lipinski definition) is 4. The van der Waals surface area contributed by atoms with E-state index < -0.39 is 4.82 Å². The van der Waals surface area contributed by atoms with Crippen molar-refractivity contribution < 1.29 is 9.59 Å². The molecule has 2 rings (SSSR count). The smallest absolute Gasteiger partial charge is 0.300 e. The van der Waals surface area contributed by atoms with Gasteiger partial charge in [-0.05, 0) is 18.2 Å². The van der Waals surface area contributed by atoms with E-state index in [0.717, 1.165) is 15.5 Å². The molecule has 0 radical (unpaired) electrons. The van der Waals surface area contributed by atoms with Crippen LogP contribution in [0.1, 0.15) is 0 Å². The number of halogens is 1. The van der Waals surface area contributed by atoms with E-state index >= 15 is 0 Å². The van der Waals surface area contributed by atoms with Crippen molar-refractivity contribution in [3.8, 4) is 0 Å². The zero-order valence-corrected chi connectivity index (χ0v) is 10.9. The topological polar surface area (TPSA) is 49.4 Å². The highest BCUT2D eigenvalue weighted by molar-refractivity contribution is 9.18. The fourth-order valence-electron chi connectivity index (χ4n) is 1.50. The minimum absolute atomic E-state index is 0.201. The number of nitrogens with one attached hydrogen (secondary N) is 1. The molecule has 0 unspecified atom stereocenters. The number of carbonyl (C=O) groups is 2. The Kier molecular flexibility index (Phi) is 3.20. The molecular formula is C10H9BrN2O2S. The second-order valence-corrected chi connectivity index (χ2v) is 4.90. The van der Waals surface area contributed by atoms with Gasteiger partial charge in [0.05, 0.1) is 11.4 Å². The lowest BCUT2D eigenvalue weighted by Crippen LogP contribution is -2.37. The molecule has 6 heteroatoms. The van der Waals surface area contributed by atoms with Gasteiger partial charge in [0.15, 0.2) is 0 Å². The van der Waals surface area contributed by atoms with Crippen LogP contribution >= 0.6 is 27.7 Å². The maximum Gasteiger partial charge on any atom is 0.300 e. The highest BCUT2D eigenvalue weighted by Crippen LogP contribution is 2.37. The third kappa shape index (κ3) is 1.94. The van der Waals surface area contributed by atoms with Gasteiger partial charge in [0.2, 0.25) is 5.91 Å². The van der Waals surface area contributed by atoms with E-state index in [0.29, 0.717) is 11.4 Å². The van der Waals surface area contributed by atoms with Gasteiger partial charge in [0.1, 0.15) is 0 Å². The van der Waals surface area contributed by atoms with Crippen molar-refractivity contribution in [3.63, 3.8) is 0 Å². The van der Waals surface area contributed by atoms with Crippen LogP contribution in [0.25, 0.3) is 0 Å². The van der Waals surface area contributed by atoms with Crippen molar-refractivity contribution in [2.24, 2.45) is 0 Å². The molecule has 1 aliphatic heterocycles. The fourth-order valence-corrected chi connectivity index (χ4v) is 2.76. The summed E-state index contributed by atoms with van der Waals surface area (Å²) in [5.74, 6) is 0.0936. The lowest BCUT2D eigenvalue weighted by Gasteiger charge is -2.25. The molecule has 0 aliphatic carbocycles. The molecule has 16 heavy (non-hydrogen) atoms. The van der Waals surface area contributed by atoms with Gasteiger partial charge in [-0.2, -0.15) is 0 Å². The quantitative estimate of drug-likeness (QED) is 0.640. The average Bonchev–Trinajstić information content (AvgIpc) is 2.27. The molecule has 0 spiro atoms. The van der Waals surface area contributed by atoms with Crippen LogP contribution in [0, 0.1) is 0 Å². The maximum absolute atomic E-state index is 11.6. The summed E-state index contributed by atoms with van der Waals surface area (Å²) in [6, 6.07) is 5.61. The number of nitrogens with zero attached hydrogens (tertiary/aromatic N) is 1. The van der Waals surface area contributed by atoms with E-state index in [1.165, 1.54) is 11.8 Å². The summed E-state index contributed by atoms with van der Waals surface area (Å²) in [5.41, 5.74) is 1.50. The Bertz CT molecular complexity index is 464. The van der Waals surface area contributed by atoms with Crippen LogP contribution in [0.3, 0.4) is 0 Å². The highest BCUT2D eigenvalue weighted by Gasteiger charge is 2.28. The second kappa shape index (κ2) is 4.47. The van der Waals surface area contributed by atoms with E-state index in [2.05, 4.69) is 21.2 Å². The summed E-state index contributed by atoms with van der Waals surface area (Å²) < 4.78 is 0. The van der Waals surface area contributed by atoms with Gasteiger partial charge in [-0.15, -0.1) is 11.8 Å². The van der Waals surface area contributed by atoms with Gasteiger partial charge in [-0.1, -0.05) is 0 Å². The SMILES string of the molecule is CNc1ccc2c(c1)N(C(=O)Br)C(=O)CS2. The highest BCUT2D eigenvalue weighted by atomic mass is 79.9. The monoisotopic (exact) mass is 300 g/mol. The van der Waals surface area contributed by atoms with E-state index in [4.69, 9.17) is 0 Å². The fraction of sp³-hybridized carbons (Fsp3) is 0.200. The first-order valence-corrected chi connectivity index (χ1v) is 6.38. The Balaban J connectivity index is 2.52. The largest absolute Gasteiger partial charge is 0.388 e. The van der Waals surface area contributed by atoms with E-state index in [-0.39, 0.29) is 5.91 Å². The van der Waals surface area contributed by atoms with Gasteiger partial charge in [0.25, 0.3) is 0 Å². The second-order valence-electron chi connectivity index (χ2n) is 3.20. The van der Waals surface area contributed by atoms with Crippen molar-refractivity contribution in [1.82, 2.24) is 0 Å². The molecule has 1 heterocycles. The lowest BCUT2D eigenvalue weighted by molar-refractivity contribution is -0.115. The first kappa shape index (κ1) is 11.5. The average molecular weight is 301 g/mol. The molecule has 2 amide bonds. The third-order valence-electron chi connectivity index (χ3n) is 2.26. The Morgan fingerprint density at radius 3 is 2.94 bits per heavy atom. The molecular weight excluding hydrogens is 292 g/mol. The van der Waals surface area contributed by atoms with Crippen molar-refractivity contribution in [3.05, 3.63) is 18.2 Å². The van der Waals surface area contributed by atoms with Crippen LogP contribution in [0.5, 0.6) is 0 Å². The van der Waals surface area contributed by atoms with Crippen molar-refractivity contribution in [1.29, 1.82) is 0 Å². The molecule has 0 bridgehead atoms. The molecule has 0 atom stereocenters. The van der Waals surface area contributed by atoms with Crippen LogP contribution in [0.15, 0.2) is 23.1 Å². The number of imide groups is 1. The van der Waals surface area contributed by atoms with Crippen LogP contribution < -0.4 is 10.2 Å². The predicted molar refractivity (Wildman–Crippen MR) is 68.5 cm³/mol. The number of anilines is 2. The van der Waals surface area contributed by atoms with E-state index in [9.17, 15) is 9.59 Å². The van der Waals surface area contributed by atoms with E-state index in [1.54, 1.807) is 13.1 Å². The van der Waals surface area contributed by atoms with Gasteiger partial charge < -0.3 is 5.32 Å². The summed E-state index contributed by atoms with van der Waals surface area (Å²) in [6.07, 6.45) is 0. The molecule has 0 aromatic heterocycles. The Morgan fingerprint density at radius 1 is 1.56 bits per heavy atom. The summed E-state index contributed by atoms with van der Waals surface area (Å²) >= 11 is 4.27. The molecule has 1 aromatic carbocycles. The summed E-state index contributed by atoms with van der Waals surface area (Å²) in [6.45, 7) is 0. The summed E-state index contributed by atoms with van der Waals surface area (Å²) in [7, 11) is 1.79. The van der Waals surface area contributed by atoms with Gasteiger partial charge in [-0.25, -0.2) is 4.90 Å². The normalized spacial score (nSPS) is 14.6. The number of carbonyl (C=O) groups excluding carboxylic acids is 2. The minimum atomic E-state index is -0.424. The van der Waals surface area contributed by atoms with Crippen molar-refractivity contribution >= 4 is 49.8 Å². The number of hydrogen-bond donors (Lipinski definition) is 1. The van der Waals surface area contributed by atoms with Crippen molar-refractivity contribution in [2.45, 2.75) is 4.90 Å². The van der Waals surface area contributed by atoms with Gasteiger partial charge in [0, 0.05) is 33.6 Å². The predicted octanol–water partition coefficient (Wildman–Crippen LogP) is 2.68. The van der Waals surface area contributed by atoms with Gasteiger partial charge in [-0.3, -0.25) is 9.59 Å². The Labute approximate surface area is 106 Å². The molecule has 4 nitrogen and oxygen atoms in total.